The molecule has 1 aliphatic heterocycles. The van der Waals surface area contributed by atoms with Crippen LogP contribution in [0.25, 0.3) is 0 Å². The largest absolute Gasteiger partial charge is 0.381 e. The SMILES string of the molecule is CN=C(NCCCOCC1CCOCC1)NCc1cccc(C(N)=O)c1.I. The van der Waals surface area contributed by atoms with E-state index >= 15 is 0 Å². The summed E-state index contributed by atoms with van der Waals surface area (Å²) in [4.78, 5) is 15.4. The molecule has 1 saturated heterocycles. The van der Waals surface area contributed by atoms with E-state index in [4.69, 9.17) is 15.2 Å². The third-order valence-corrected chi connectivity index (χ3v) is 4.35. The van der Waals surface area contributed by atoms with Gasteiger partial charge in [-0.1, -0.05) is 12.1 Å². The molecule has 1 aromatic rings. The number of nitrogens with zero attached hydrogens (tertiary/aromatic N) is 1. The van der Waals surface area contributed by atoms with E-state index in [2.05, 4.69) is 15.6 Å². The summed E-state index contributed by atoms with van der Waals surface area (Å²) in [5, 5.41) is 6.49. The maximum Gasteiger partial charge on any atom is 0.248 e. The highest BCUT2D eigenvalue weighted by atomic mass is 127. The molecule has 152 valence electrons. The highest BCUT2D eigenvalue weighted by Gasteiger charge is 2.13. The van der Waals surface area contributed by atoms with Crippen molar-refractivity contribution in [1.82, 2.24) is 10.6 Å². The minimum absolute atomic E-state index is 0. The monoisotopic (exact) mass is 490 g/mol. The van der Waals surface area contributed by atoms with Crippen molar-refractivity contribution in [1.29, 1.82) is 0 Å². The molecule has 8 heteroatoms. The summed E-state index contributed by atoms with van der Waals surface area (Å²) in [5.41, 5.74) is 6.79. The standard InChI is InChI=1S/C19H30N4O3.HI/c1-21-19(23-13-16-4-2-5-17(12-16)18(20)24)22-8-3-9-26-14-15-6-10-25-11-7-15;/h2,4-5,12,15H,3,6-11,13-14H2,1H3,(H2,20,24)(H2,21,22,23);1H. The molecule has 2 rings (SSSR count). The molecule has 1 aliphatic rings. The van der Waals surface area contributed by atoms with E-state index < -0.39 is 5.91 Å². The molecule has 0 atom stereocenters. The van der Waals surface area contributed by atoms with Gasteiger partial charge in [0.15, 0.2) is 5.96 Å². The third kappa shape index (κ3) is 9.39. The molecule has 0 spiro atoms. The number of nitrogens with one attached hydrogen (secondary N) is 2. The predicted octanol–water partition coefficient (Wildman–Crippen LogP) is 1.90. The van der Waals surface area contributed by atoms with Crippen molar-refractivity contribution in [3.63, 3.8) is 0 Å². The minimum atomic E-state index is -0.421. The van der Waals surface area contributed by atoms with Crippen LogP contribution in [-0.4, -0.2) is 51.9 Å². The van der Waals surface area contributed by atoms with E-state index in [9.17, 15) is 4.79 Å². The highest BCUT2D eigenvalue weighted by Crippen LogP contribution is 2.14. The predicted molar refractivity (Wildman–Crippen MR) is 118 cm³/mol. The maximum absolute atomic E-state index is 11.2. The Hall–Kier alpha value is -1.39. The fourth-order valence-electron chi connectivity index (χ4n) is 2.79. The van der Waals surface area contributed by atoms with Gasteiger partial charge in [-0.05, 0) is 42.9 Å². The molecule has 0 unspecified atom stereocenters. The Morgan fingerprint density at radius 1 is 1.33 bits per heavy atom. The number of nitrogens with two attached hydrogens (primary N) is 1. The highest BCUT2D eigenvalue weighted by molar-refractivity contribution is 14.0. The smallest absolute Gasteiger partial charge is 0.248 e. The van der Waals surface area contributed by atoms with Gasteiger partial charge in [0.25, 0.3) is 0 Å². The van der Waals surface area contributed by atoms with Crippen LogP contribution in [0.1, 0.15) is 35.2 Å². The first-order valence-corrected chi connectivity index (χ1v) is 9.18. The van der Waals surface area contributed by atoms with Crippen LogP contribution in [0, 0.1) is 5.92 Å². The topological polar surface area (TPSA) is 98.0 Å². The molecule has 0 aliphatic carbocycles. The van der Waals surface area contributed by atoms with Gasteiger partial charge in [-0.15, -0.1) is 24.0 Å². The number of aliphatic imine (C=N–C) groups is 1. The van der Waals surface area contributed by atoms with Crippen molar-refractivity contribution in [3.05, 3.63) is 35.4 Å². The molecule has 0 radical (unpaired) electrons. The molecule has 4 N–H and O–H groups in total. The lowest BCUT2D eigenvalue weighted by Crippen LogP contribution is -2.37. The van der Waals surface area contributed by atoms with Gasteiger partial charge in [0.05, 0.1) is 0 Å². The lowest BCUT2D eigenvalue weighted by atomic mass is 10.0. The lowest BCUT2D eigenvalue weighted by Gasteiger charge is -2.21. The van der Waals surface area contributed by atoms with E-state index in [0.29, 0.717) is 18.0 Å². The van der Waals surface area contributed by atoms with Crippen LogP contribution in [0.3, 0.4) is 0 Å². The van der Waals surface area contributed by atoms with Gasteiger partial charge in [0, 0.05) is 52.1 Å². The number of halogens is 1. The van der Waals surface area contributed by atoms with Crippen LogP contribution in [0.2, 0.25) is 0 Å². The molecule has 1 amide bonds. The van der Waals surface area contributed by atoms with Gasteiger partial charge in [0.1, 0.15) is 0 Å². The molecule has 0 saturated carbocycles. The second-order valence-corrected chi connectivity index (χ2v) is 6.40. The fourth-order valence-corrected chi connectivity index (χ4v) is 2.79. The van der Waals surface area contributed by atoms with Crippen LogP contribution >= 0.6 is 24.0 Å². The number of carbonyl (C=O) groups is 1. The normalized spacial score (nSPS) is 15.1. The first-order chi connectivity index (χ1) is 12.7. The van der Waals surface area contributed by atoms with Gasteiger partial charge in [-0.3, -0.25) is 9.79 Å². The number of guanidine groups is 1. The summed E-state index contributed by atoms with van der Waals surface area (Å²) in [6.45, 7) is 4.64. The average molecular weight is 490 g/mol. The Morgan fingerprint density at radius 3 is 2.81 bits per heavy atom. The number of benzene rings is 1. The molecule has 1 heterocycles. The second kappa shape index (κ2) is 13.7. The lowest BCUT2D eigenvalue weighted by molar-refractivity contribution is 0.0203. The summed E-state index contributed by atoms with van der Waals surface area (Å²) >= 11 is 0. The van der Waals surface area contributed by atoms with E-state index in [1.165, 1.54) is 0 Å². The third-order valence-electron chi connectivity index (χ3n) is 4.35. The Kier molecular flexibility index (Phi) is 12.0. The van der Waals surface area contributed by atoms with Crippen molar-refractivity contribution in [3.8, 4) is 0 Å². The number of amides is 1. The van der Waals surface area contributed by atoms with Gasteiger partial charge in [0.2, 0.25) is 5.91 Å². The summed E-state index contributed by atoms with van der Waals surface area (Å²) in [5.74, 6) is 0.941. The Balaban J connectivity index is 0.00000364. The number of primary amides is 1. The number of rotatable bonds is 9. The van der Waals surface area contributed by atoms with Crippen molar-refractivity contribution in [2.75, 3.05) is 40.0 Å². The van der Waals surface area contributed by atoms with Crippen molar-refractivity contribution in [2.45, 2.75) is 25.8 Å². The molecule has 0 bridgehead atoms. The molecule has 1 aromatic carbocycles. The molecule has 1 fully saturated rings. The molecule has 0 aromatic heterocycles. The van der Waals surface area contributed by atoms with Crippen LogP contribution in [-0.2, 0) is 16.0 Å². The van der Waals surface area contributed by atoms with Crippen molar-refractivity contribution < 1.29 is 14.3 Å². The zero-order chi connectivity index (χ0) is 18.6. The quantitative estimate of drug-likeness (QED) is 0.213. The summed E-state index contributed by atoms with van der Waals surface area (Å²) in [6.07, 6.45) is 3.12. The van der Waals surface area contributed by atoms with Crippen LogP contribution in [0.15, 0.2) is 29.3 Å². The second-order valence-electron chi connectivity index (χ2n) is 6.40. The van der Waals surface area contributed by atoms with Crippen molar-refractivity contribution >= 4 is 35.8 Å². The van der Waals surface area contributed by atoms with E-state index in [0.717, 1.165) is 63.8 Å². The zero-order valence-corrected chi connectivity index (χ0v) is 18.2. The number of hydrogen-bond acceptors (Lipinski definition) is 4. The maximum atomic E-state index is 11.2. The summed E-state index contributed by atoms with van der Waals surface area (Å²) in [6, 6.07) is 7.26. The Bertz CT molecular complexity index is 592. The van der Waals surface area contributed by atoms with Crippen molar-refractivity contribution in [2.24, 2.45) is 16.6 Å². The first-order valence-electron chi connectivity index (χ1n) is 9.18. The fraction of sp³-hybridized carbons (Fsp3) is 0.579. The van der Waals surface area contributed by atoms with E-state index in [1.807, 2.05) is 12.1 Å². The molecular weight excluding hydrogens is 459 g/mol. The molecule has 7 nitrogen and oxygen atoms in total. The zero-order valence-electron chi connectivity index (χ0n) is 15.9. The van der Waals surface area contributed by atoms with Gasteiger partial charge >= 0.3 is 0 Å². The van der Waals surface area contributed by atoms with Gasteiger partial charge < -0.3 is 25.8 Å². The number of carbonyl (C=O) groups excluding carboxylic acids is 1. The summed E-state index contributed by atoms with van der Waals surface area (Å²) in [7, 11) is 1.73. The molecular formula is C19H31IN4O3. The summed E-state index contributed by atoms with van der Waals surface area (Å²) < 4.78 is 11.1. The van der Waals surface area contributed by atoms with Gasteiger partial charge in [-0.2, -0.15) is 0 Å². The minimum Gasteiger partial charge on any atom is -0.381 e. The first kappa shape index (κ1) is 23.6. The molecule has 27 heavy (non-hydrogen) atoms. The van der Waals surface area contributed by atoms with Crippen LogP contribution in [0.5, 0.6) is 0 Å². The van der Waals surface area contributed by atoms with E-state index in [-0.39, 0.29) is 24.0 Å². The Morgan fingerprint density at radius 2 is 2.11 bits per heavy atom. The Labute approximate surface area is 178 Å². The van der Waals surface area contributed by atoms with Gasteiger partial charge in [-0.25, -0.2) is 0 Å². The van der Waals surface area contributed by atoms with E-state index in [1.54, 1.807) is 19.2 Å². The number of hydrogen-bond donors (Lipinski definition) is 3. The number of ether oxygens (including phenoxy) is 2. The van der Waals surface area contributed by atoms with Crippen LogP contribution in [0.4, 0.5) is 0 Å². The van der Waals surface area contributed by atoms with Crippen LogP contribution < -0.4 is 16.4 Å². The average Bonchev–Trinajstić information content (AvgIpc) is 2.68.